The molecule has 5 aromatic carbocycles. The molecule has 0 saturated heterocycles. The summed E-state index contributed by atoms with van der Waals surface area (Å²) in [5.41, 5.74) is 5.20. The van der Waals surface area contributed by atoms with E-state index in [4.69, 9.17) is 4.98 Å². The molecular formula is C35H25N2OP. The van der Waals surface area contributed by atoms with Crippen LogP contribution in [-0.4, -0.2) is 9.55 Å². The Labute approximate surface area is 227 Å². The molecule has 0 saturated carbocycles. The van der Waals surface area contributed by atoms with E-state index in [1.54, 1.807) is 0 Å². The van der Waals surface area contributed by atoms with Gasteiger partial charge in [-0.1, -0.05) is 121 Å². The van der Waals surface area contributed by atoms with Gasteiger partial charge in [-0.2, -0.15) is 0 Å². The molecule has 2 aromatic heterocycles. The van der Waals surface area contributed by atoms with E-state index in [1.165, 1.54) is 10.8 Å². The molecule has 7 rings (SSSR count). The van der Waals surface area contributed by atoms with Gasteiger partial charge >= 0.3 is 0 Å². The van der Waals surface area contributed by atoms with Gasteiger partial charge in [0.15, 0.2) is 7.14 Å². The molecule has 0 aliphatic carbocycles. The van der Waals surface area contributed by atoms with E-state index in [2.05, 4.69) is 65.2 Å². The summed E-state index contributed by atoms with van der Waals surface area (Å²) in [6.45, 7) is 0. The van der Waals surface area contributed by atoms with E-state index >= 15 is 0 Å². The van der Waals surface area contributed by atoms with Gasteiger partial charge in [0.2, 0.25) is 0 Å². The van der Waals surface area contributed by atoms with Crippen molar-refractivity contribution in [3.63, 3.8) is 0 Å². The molecule has 0 radical (unpaired) electrons. The summed E-state index contributed by atoms with van der Waals surface area (Å²) in [6, 6.07) is 48.7. The minimum absolute atomic E-state index is 0.811. The zero-order valence-corrected chi connectivity index (χ0v) is 22.1. The second-order valence-corrected chi connectivity index (χ2v) is 12.4. The van der Waals surface area contributed by atoms with Crippen molar-refractivity contribution in [2.45, 2.75) is 0 Å². The van der Waals surface area contributed by atoms with Crippen LogP contribution in [-0.2, 0) is 4.57 Å². The molecule has 186 valence electrons. The number of pyridine rings is 1. The summed E-state index contributed by atoms with van der Waals surface area (Å²) in [5, 5.41) is 4.93. The number of aromatic nitrogens is 2. The third kappa shape index (κ3) is 3.91. The number of hydrogen-bond acceptors (Lipinski definition) is 2. The summed E-state index contributed by atoms with van der Waals surface area (Å²) in [6.07, 6.45) is 1.93. The van der Waals surface area contributed by atoms with E-state index in [9.17, 15) is 4.57 Å². The lowest BCUT2D eigenvalue weighted by Gasteiger charge is -2.20. The molecule has 3 nitrogen and oxygen atoms in total. The van der Waals surface area contributed by atoms with Gasteiger partial charge < -0.3 is 9.13 Å². The first kappa shape index (κ1) is 23.4. The third-order valence-corrected chi connectivity index (χ3v) is 10.4. The maximum atomic E-state index is 14.6. The predicted molar refractivity (Wildman–Crippen MR) is 163 cm³/mol. The molecule has 0 bridgehead atoms. The maximum Gasteiger partial charge on any atom is 0.171 e. The van der Waals surface area contributed by atoms with E-state index in [-0.39, 0.29) is 0 Å². The van der Waals surface area contributed by atoms with Crippen LogP contribution < -0.4 is 15.9 Å². The van der Waals surface area contributed by atoms with Crippen molar-refractivity contribution in [1.29, 1.82) is 0 Å². The van der Waals surface area contributed by atoms with Gasteiger partial charge in [0, 0.05) is 32.2 Å². The molecule has 7 aromatic rings. The van der Waals surface area contributed by atoms with Crippen LogP contribution in [0.5, 0.6) is 0 Å². The van der Waals surface area contributed by atoms with Crippen LogP contribution in [0.15, 0.2) is 152 Å². The molecule has 2 heterocycles. The minimum atomic E-state index is -3.00. The Hall–Kier alpha value is -4.72. The highest BCUT2D eigenvalue weighted by molar-refractivity contribution is 7.85. The Kier molecular flexibility index (Phi) is 5.73. The summed E-state index contributed by atoms with van der Waals surface area (Å²) in [5.74, 6) is 0. The number of nitrogens with zero attached hydrogens (tertiary/aromatic N) is 2. The molecule has 0 N–H and O–H groups in total. The van der Waals surface area contributed by atoms with Gasteiger partial charge in [0.1, 0.15) is 0 Å². The Morgan fingerprint density at radius 3 is 1.49 bits per heavy atom. The zero-order chi connectivity index (χ0) is 26.2. The van der Waals surface area contributed by atoms with Crippen LogP contribution in [0, 0.1) is 0 Å². The first-order valence-corrected chi connectivity index (χ1v) is 14.7. The first-order valence-electron chi connectivity index (χ1n) is 13.0. The lowest BCUT2D eigenvalue weighted by atomic mass is 10.1. The molecule has 0 amide bonds. The molecule has 0 fully saturated rings. The van der Waals surface area contributed by atoms with Crippen molar-refractivity contribution in [2.75, 3.05) is 0 Å². The van der Waals surface area contributed by atoms with Crippen molar-refractivity contribution < 1.29 is 4.57 Å². The highest BCUT2D eigenvalue weighted by atomic mass is 31.2. The van der Waals surface area contributed by atoms with E-state index < -0.39 is 7.14 Å². The summed E-state index contributed by atoms with van der Waals surface area (Å²) >= 11 is 0. The van der Waals surface area contributed by atoms with Gasteiger partial charge in [-0.05, 0) is 24.3 Å². The molecule has 0 unspecified atom stereocenters. The number of rotatable bonds is 5. The summed E-state index contributed by atoms with van der Waals surface area (Å²) in [7, 11) is -3.00. The first-order chi connectivity index (χ1) is 19.2. The van der Waals surface area contributed by atoms with E-state index in [0.717, 1.165) is 43.9 Å². The highest BCUT2D eigenvalue weighted by Crippen LogP contribution is 2.42. The second-order valence-electron chi connectivity index (χ2n) is 9.60. The smallest absolute Gasteiger partial charge is 0.171 e. The second kappa shape index (κ2) is 9.54. The largest absolute Gasteiger partial charge is 0.309 e. The lowest BCUT2D eigenvalue weighted by molar-refractivity contribution is 0.592. The van der Waals surface area contributed by atoms with Gasteiger partial charge in [0.05, 0.1) is 28.6 Å². The lowest BCUT2D eigenvalue weighted by Crippen LogP contribution is -2.24. The van der Waals surface area contributed by atoms with Crippen LogP contribution in [0.4, 0.5) is 0 Å². The molecule has 0 aliphatic rings. The Morgan fingerprint density at radius 1 is 0.487 bits per heavy atom. The third-order valence-electron chi connectivity index (χ3n) is 7.35. The van der Waals surface area contributed by atoms with Crippen molar-refractivity contribution in [2.24, 2.45) is 0 Å². The fourth-order valence-corrected chi connectivity index (χ4v) is 8.10. The SMILES string of the molecule is O=P(c1ccccc1)(c1ccccc1)c1ccc(-c2ccc(-n3c4ccccc4c4ccccc43)cn2)cc1. The molecule has 0 atom stereocenters. The van der Waals surface area contributed by atoms with Crippen LogP contribution >= 0.6 is 7.14 Å². The minimum Gasteiger partial charge on any atom is -0.309 e. The Balaban J connectivity index is 1.27. The average molecular weight is 521 g/mol. The molecule has 4 heteroatoms. The van der Waals surface area contributed by atoms with Crippen LogP contribution in [0.25, 0.3) is 38.8 Å². The molecule has 0 spiro atoms. The van der Waals surface area contributed by atoms with E-state index in [0.29, 0.717) is 0 Å². The molecule has 39 heavy (non-hydrogen) atoms. The van der Waals surface area contributed by atoms with E-state index in [1.807, 2.05) is 91.1 Å². The van der Waals surface area contributed by atoms with Crippen molar-refractivity contribution in [3.05, 3.63) is 152 Å². The maximum absolute atomic E-state index is 14.6. The molecule has 0 aliphatic heterocycles. The Morgan fingerprint density at radius 2 is 0.974 bits per heavy atom. The van der Waals surface area contributed by atoms with Crippen LogP contribution in [0.1, 0.15) is 0 Å². The highest BCUT2D eigenvalue weighted by Gasteiger charge is 2.29. The van der Waals surface area contributed by atoms with Crippen LogP contribution in [0.3, 0.4) is 0 Å². The topological polar surface area (TPSA) is 34.9 Å². The van der Waals surface area contributed by atoms with Crippen molar-refractivity contribution in [1.82, 2.24) is 9.55 Å². The Bertz CT molecular complexity index is 1860. The number of para-hydroxylation sites is 2. The number of fused-ring (bicyclic) bond motifs is 3. The summed E-state index contributed by atoms with van der Waals surface area (Å²) in [4.78, 5) is 4.84. The number of hydrogen-bond donors (Lipinski definition) is 0. The van der Waals surface area contributed by atoms with Crippen LogP contribution in [0.2, 0.25) is 0 Å². The van der Waals surface area contributed by atoms with Gasteiger partial charge in [0.25, 0.3) is 0 Å². The fraction of sp³-hybridized carbons (Fsp3) is 0. The standard InChI is InChI=1S/C35H25N2OP/c38-39(28-11-3-1-4-12-28,29-13-5-2-6-14-29)30-22-19-26(20-23-30)33-24-21-27(25-36-33)37-34-17-9-7-15-31(34)32-16-8-10-18-35(32)37/h1-25H. The quantitative estimate of drug-likeness (QED) is 0.221. The van der Waals surface area contributed by atoms with Gasteiger partial charge in [-0.25, -0.2) is 0 Å². The van der Waals surface area contributed by atoms with Gasteiger partial charge in [-0.3, -0.25) is 4.98 Å². The predicted octanol–water partition coefficient (Wildman–Crippen LogP) is 7.49. The normalized spacial score (nSPS) is 11.7. The monoisotopic (exact) mass is 520 g/mol. The fourth-order valence-electron chi connectivity index (χ4n) is 5.45. The van der Waals surface area contributed by atoms with Crippen molar-refractivity contribution in [3.8, 4) is 16.9 Å². The number of benzene rings is 5. The zero-order valence-electron chi connectivity index (χ0n) is 21.2. The average Bonchev–Trinajstić information content (AvgIpc) is 3.36. The molecular weight excluding hydrogens is 495 g/mol. The summed E-state index contributed by atoms with van der Waals surface area (Å²) < 4.78 is 16.9. The van der Waals surface area contributed by atoms with Crippen molar-refractivity contribution >= 4 is 44.9 Å². The van der Waals surface area contributed by atoms with Gasteiger partial charge in [-0.15, -0.1) is 0 Å².